The van der Waals surface area contributed by atoms with Crippen LogP contribution in [0.4, 0.5) is 5.95 Å². The van der Waals surface area contributed by atoms with Crippen molar-refractivity contribution in [2.24, 2.45) is 0 Å². The first-order valence-electron chi connectivity index (χ1n) is 5.90. The zero-order valence-electron chi connectivity index (χ0n) is 11.1. The third-order valence-corrected chi connectivity index (χ3v) is 2.48. The molecule has 102 valence electrons. The van der Waals surface area contributed by atoms with Gasteiger partial charge in [0.25, 0.3) is 0 Å². The molecule has 0 radical (unpaired) electrons. The fourth-order valence-electron chi connectivity index (χ4n) is 1.64. The van der Waals surface area contributed by atoms with Crippen LogP contribution in [0, 0.1) is 11.3 Å². The molecule has 0 spiro atoms. The molecule has 0 aliphatic heterocycles. The van der Waals surface area contributed by atoms with E-state index in [9.17, 15) is 0 Å². The topological polar surface area (TPSA) is 107 Å². The molecule has 0 aliphatic carbocycles. The second-order valence-electron chi connectivity index (χ2n) is 3.76. The Morgan fingerprint density at radius 1 is 1.30 bits per heavy atom. The van der Waals surface area contributed by atoms with Crippen LogP contribution in [0.15, 0.2) is 18.2 Å². The highest BCUT2D eigenvalue weighted by molar-refractivity contribution is 5.67. The molecule has 7 heteroatoms. The van der Waals surface area contributed by atoms with Crippen molar-refractivity contribution in [3.63, 3.8) is 0 Å². The highest BCUT2D eigenvalue weighted by atomic mass is 16.5. The molecule has 2 aromatic rings. The number of nitrogens with zero attached hydrogens (tertiary/aromatic N) is 4. The SMILES string of the molecule is CCOc1nc(N)nc(-c2cc(C#N)ccc2OC)n1. The van der Waals surface area contributed by atoms with E-state index in [0.717, 1.165) is 0 Å². The van der Waals surface area contributed by atoms with Crippen LogP contribution < -0.4 is 15.2 Å². The minimum absolute atomic E-state index is 0.0443. The van der Waals surface area contributed by atoms with Gasteiger partial charge in [0.2, 0.25) is 5.95 Å². The predicted molar refractivity (Wildman–Crippen MR) is 72.1 cm³/mol. The molecule has 1 heterocycles. The molecule has 2 rings (SSSR count). The minimum atomic E-state index is 0.0443. The third kappa shape index (κ3) is 2.75. The zero-order valence-corrected chi connectivity index (χ0v) is 11.1. The maximum Gasteiger partial charge on any atom is 0.321 e. The molecule has 20 heavy (non-hydrogen) atoms. The molecule has 7 nitrogen and oxygen atoms in total. The Kier molecular flexibility index (Phi) is 3.96. The Morgan fingerprint density at radius 2 is 2.10 bits per heavy atom. The van der Waals surface area contributed by atoms with Crippen molar-refractivity contribution in [3.05, 3.63) is 23.8 Å². The molecule has 0 saturated heterocycles. The normalized spacial score (nSPS) is 9.85. The fraction of sp³-hybridized carbons (Fsp3) is 0.231. The van der Waals surface area contributed by atoms with E-state index in [2.05, 4.69) is 21.0 Å². The average Bonchev–Trinajstić information content (AvgIpc) is 2.46. The number of hydrogen-bond donors (Lipinski definition) is 1. The first kappa shape index (κ1) is 13.5. The molecule has 0 saturated carbocycles. The van der Waals surface area contributed by atoms with Gasteiger partial charge in [-0.05, 0) is 25.1 Å². The van der Waals surface area contributed by atoms with E-state index >= 15 is 0 Å². The Hall–Kier alpha value is -2.88. The van der Waals surface area contributed by atoms with E-state index in [4.69, 9.17) is 20.5 Å². The largest absolute Gasteiger partial charge is 0.496 e. The molecule has 0 amide bonds. The first-order valence-corrected chi connectivity index (χ1v) is 5.90. The summed E-state index contributed by atoms with van der Waals surface area (Å²) >= 11 is 0. The van der Waals surface area contributed by atoms with E-state index < -0.39 is 0 Å². The van der Waals surface area contributed by atoms with Crippen molar-refractivity contribution < 1.29 is 9.47 Å². The maximum absolute atomic E-state index is 8.97. The summed E-state index contributed by atoms with van der Waals surface area (Å²) in [4.78, 5) is 12.1. The Balaban J connectivity index is 2.58. The van der Waals surface area contributed by atoms with Crippen molar-refractivity contribution >= 4 is 5.95 Å². The molecule has 0 aliphatic rings. The summed E-state index contributed by atoms with van der Waals surface area (Å²) in [6, 6.07) is 7.14. The number of methoxy groups -OCH3 is 1. The molecular formula is C13H13N5O2. The lowest BCUT2D eigenvalue weighted by atomic mass is 10.1. The summed E-state index contributed by atoms with van der Waals surface area (Å²) in [5.41, 5.74) is 6.67. The summed E-state index contributed by atoms with van der Waals surface area (Å²) in [5.74, 6) is 0.884. The van der Waals surface area contributed by atoms with E-state index in [1.54, 1.807) is 18.2 Å². The second-order valence-corrected chi connectivity index (χ2v) is 3.76. The van der Waals surface area contributed by atoms with E-state index in [-0.39, 0.29) is 12.0 Å². The number of hydrogen-bond acceptors (Lipinski definition) is 7. The van der Waals surface area contributed by atoms with Gasteiger partial charge in [0.05, 0.1) is 30.9 Å². The van der Waals surface area contributed by atoms with Crippen LogP contribution in [0.5, 0.6) is 11.8 Å². The summed E-state index contributed by atoms with van der Waals surface area (Å²) < 4.78 is 10.5. The van der Waals surface area contributed by atoms with Gasteiger partial charge in [0.15, 0.2) is 5.82 Å². The van der Waals surface area contributed by atoms with Crippen molar-refractivity contribution in [2.45, 2.75) is 6.92 Å². The minimum Gasteiger partial charge on any atom is -0.496 e. The maximum atomic E-state index is 8.97. The lowest BCUT2D eigenvalue weighted by molar-refractivity contribution is 0.312. The lowest BCUT2D eigenvalue weighted by Gasteiger charge is -2.09. The van der Waals surface area contributed by atoms with E-state index in [0.29, 0.717) is 29.3 Å². The second kappa shape index (κ2) is 5.84. The average molecular weight is 271 g/mol. The van der Waals surface area contributed by atoms with Crippen LogP contribution in [-0.4, -0.2) is 28.7 Å². The molecule has 0 bridgehead atoms. The van der Waals surface area contributed by atoms with Gasteiger partial charge in [0.1, 0.15) is 5.75 Å². The van der Waals surface area contributed by atoms with Crippen molar-refractivity contribution in [3.8, 4) is 29.2 Å². The van der Waals surface area contributed by atoms with Gasteiger partial charge in [0, 0.05) is 0 Å². The number of rotatable bonds is 4. The molecule has 1 aromatic carbocycles. The van der Waals surface area contributed by atoms with Crippen LogP contribution >= 0.6 is 0 Å². The molecule has 1 aromatic heterocycles. The van der Waals surface area contributed by atoms with Crippen molar-refractivity contribution in [1.82, 2.24) is 15.0 Å². The Bertz CT molecular complexity index is 666. The predicted octanol–water partition coefficient (Wildman–Crippen LogP) is 1.40. The summed E-state index contributed by atoms with van der Waals surface area (Å²) in [5, 5.41) is 8.97. The molecule has 2 N–H and O–H groups in total. The Morgan fingerprint density at radius 3 is 2.75 bits per heavy atom. The molecule has 0 atom stereocenters. The van der Waals surface area contributed by atoms with Crippen molar-refractivity contribution in [1.29, 1.82) is 5.26 Å². The van der Waals surface area contributed by atoms with Gasteiger partial charge in [-0.15, -0.1) is 0 Å². The third-order valence-electron chi connectivity index (χ3n) is 2.48. The Labute approximate surface area is 116 Å². The molecular weight excluding hydrogens is 258 g/mol. The lowest BCUT2D eigenvalue weighted by Crippen LogP contribution is -2.05. The van der Waals surface area contributed by atoms with E-state index in [1.165, 1.54) is 7.11 Å². The van der Waals surface area contributed by atoms with Crippen LogP contribution in [0.25, 0.3) is 11.4 Å². The summed E-state index contributed by atoms with van der Waals surface area (Å²) in [7, 11) is 1.53. The monoisotopic (exact) mass is 271 g/mol. The summed E-state index contributed by atoms with van der Waals surface area (Å²) in [6.45, 7) is 2.23. The summed E-state index contributed by atoms with van der Waals surface area (Å²) in [6.07, 6.45) is 0. The highest BCUT2D eigenvalue weighted by Gasteiger charge is 2.13. The zero-order chi connectivity index (χ0) is 14.5. The van der Waals surface area contributed by atoms with Crippen LogP contribution in [0.1, 0.15) is 12.5 Å². The van der Waals surface area contributed by atoms with E-state index in [1.807, 2.05) is 6.92 Å². The number of anilines is 1. The fourth-order valence-corrected chi connectivity index (χ4v) is 1.64. The van der Waals surface area contributed by atoms with Gasteiger partial charge in [-0.25, -0.2) is 0 Å². The van der Waals surface area contributed by atoms with Crippen LogP contribution in [-0.2, 0) is 0 Å². The smallest absolute Gasteiger partial charge is 0.321 e. The quantitative estimate of drug-likeness (QED) is 0.895. The molecule has 0 fully saturated rings. The van der Waals surface area contributed by atoms with Gasteiger partial charge >= 0.3 is 6.01 Å². The number of nitrogens with two attached hydrogens (primary N) is 1. The number of aromatic nitrogens is 3. The van der Waals surface area contributed by atoms with Gasteiger partial charge < -0.3 is 15.2 Å². The number of benzene rings is 1. The molecule has 0 unspecified atom stereocenters. The van der Waals surface area contributed by atoms with Gasteiger partial charge in [-0.3, -0.25) is 0 Å². The van der Waals surface area contributed by atoms with Crippen LogP contribution in [0.2, 0.25) is 0 Å². The van der Waals surface area contributed by atoms with Gasteiger partial charge in [-0.2, -0.15) is 20.2 Å². The van der Waals surface area contributed by atoms with Crippen LogP contribution in [0.3, 0.4) is 0 Å². The van der Waals surface area contributed by atoms with Gasteiger partial charge in [-0.1, -0.05) is 0 Å². The number of ether oxygens (including phenoxy) is 2. The van der Waals surface area contributed by atoms with Crippen molar-refractivity contribution in [2.75, 3.05) is 19.5 Å². The number of nitrogen functional groups attached to an aromatic ring is 1. The first-order chi connectivity index (χ1) is 9.67. The highest BCUT2D eigenvalue weighted by Crippen LogP contribution is 2.29. The number of nitriles is 1. The standard InChI is InChI=1S/C13H13N5O2/c1-3-20-13-17-11(16-12(15)18-13)9-6-8(7-14)4-5-10(9)19-2/h4-6H,3H2,1-2H3,(H2,15,16,17,18).